The van der Waals surface area contributed by atoms with Gasteiger partial charge < -0.3 is 11.1 Å². The quantitative estimate of drug-likeness (QED) is 0.759. The molecule has 2 nitrogen and oxygen atoms in total. The average molecular weight is 242 g/mol. The number of rotatable bonds is 2. The third-order valence-corrected chi connectivity index (χ3v) is 3.77. The van der Waals surface area contributed by atoms with Crippen LogP contribution in [0.5, 0.6) is 0 Å². The Labute approximate surface area is 109 Å². The SMILES string of the molecule is CC(C)=Cc1c(C)cc2c(c1C=N)C(N)CC2C. The third-order valence-electron chi connectivity index (χ3n) is 3.77. The molecule has 0 radical (unpaired) electrons. The molecule has 1 aromatic rings. The fourth-order valence-electron chi connectivity index (χ4n) is 2.98. The summed E-state index contributed by atoms with van der Waals surface area (Å²) in [7, 11) is 0. The van der Waals surface area contributed by atoms with E-state index in [1.54, 1.807) is 0 Å². The number of benzene rings is 1. The minimum absolute atomic E-state index is 0.0801. The van der Waals surface area contributed by atoms with Gasteiger partial charge in [-0.1, -0.05) is 24.6 Å². The van der Waals surface area contributed by atoms with Crippen molar-refractivity contribution in [3.05, 3.63) is 39.5 Å². The molecule has 0 aliphatic heterocycles. The Bertz CT molecular complexity index is 522. The van der Waals surface area contributed by atoms with Gasteiger partial charge in [0.2, 0.25) is 0 Å². The van der Waals surface area contributed by atoms with E-state index in [1.165, 1.54) is 28.5 Å². The van der Waals surface area contributed by atoms with Crippen LogP contribution in [0.2, 0.25) is 0 Å². The molecule has 0 saturated carbocycles. The number of hydrogen-bond acceptors (Lipinski definition) is 2. The summed E-state index contributed by atoms with van der Waals surface area (Å²) in [4.78, 5) is 0. The summed E-state index contributed by atoms with van der Waals surface area (Å²) in [5.41, 5.74) is 13.4. The maximum Gasteiger partial charge on any atom is 0.0310 e. The number of fused-ring (bicyclic) bond motifs is 1. The van der Waals surface area contributed by atoms with Crippen LogP contribution in [0, 0.1) is 12.3 Å². The average Bonchev–Trinajstić information content (AvgIpc) is 2.55. The summed E-state index contributed by atoms with van der Waals surface area (Å²) in [5.74, 6) is 0.508. The molecule has 1 aliphatic rings. The molecule has 2 rings (SSSR count). The predicted molar refractivity (Wildman–Crippen MR) is 78.4 cm³/mol. The van der Waals surface area contributed by atoms with Gasteiger partial charge >= 0.3 is 0 Å². The molecule has 0 saturated heterocycles. The van der Waals surface area contributed by atoms with Crippen LogP contribution in [-0.4, -0.2) is 6.21 Å². The van der Waals surface area contributed by atoms with E-state index in [2.05, 4.69) is 39.8 Å². The van der Waals surface area contributed by atoms with Gasteiger partial charge in [0, 0.05) is 17.8 Å². The Balaban J connectivity index is 2.75. The molecule has 2 heteroatoms. The van der Waals surface area contributed by atoms with Crippen molar-refractivity contribution in [3.8, 4) is 0 Å². The topological polar surface area (TPSA) is 49.9 Å². The smallest absolute Gasteiger partial charge is 0.0310 e. The van der Waals surface area contributed by atoms with Crippen LogP contribution >= 0.6 is 0 Å². The van der Waals surface area contributed by atoms with E-state index < -0.39 is 0 Å². The van der Waals surface area contributed by atoms with Crippen molar-refractivity contribution in [1.29, 1.82) is 5.41 Å². The van der Waals surface area contributed by atoms with Crippen molar-refractivity contribution in [1.82, 2.24) is 0 Å². The second-order valence-corrected chi connectivity index (χ2v) is 5.63. The highest BCUT2D eigenvalue weighted by atomic mass is 14.7. The van der Waals surface area contributed by atoms with Gasteiger partial charge in [-0.15, -0.1) is 0 Å². The zero-order chi connectivity index (χ0) is 13.4. The molecule has 0 amide bonds. The van der Waals surface area contributed by atoms with Crippen molar-refractivity contribution in [3.63, 3.8) is 0 Å². The first kappa shape index (κ1) is 13.0. The molecule has 18 heavy (non-hydrogen) atoms. The Morgan fingerprint density at radius 2 is 2.06 bits per heavy atom. The van der Waals surface area contributed by atoms with E-state index in [4.69, 9.17) is 11.1 Å². The lowest BCUT2D eigenvalue weighted by atomic mass is 9.90. The maximum absolute atomic E-state index is 7.74. The van der Waals surface area contributed by atoms with Crippen LogP contribution in [0.4, 0.5) is 0 Å². The molecule has 0 heterocycles. The molecule has 0 fully saturated rings. The number of allylic oxidation sites excluding steroid dienone is 1. The van der Waals surface area contributed by atoms with E-state index in [9.17, 15) is 0 Å². The van der Waals surface area contributed by atoms with Crippen LogP contribution in [0.1, 0.15) is 67.0 Å². The molecular weight excluding hydrogens is 220 g/mol. The van der Waals surface area contributed by atoms with Gasteiger partial charge in [-0.25, -0.2) is 0 Å². The summed E-state index contributed by atoms with van der Waals surface area (Å²) >= 11 is 0. The fraction of sp³-hybridized carbons (Fsp3) is 0.438. The van der Waals surface area contributed by atoms with Crippen LogP contribution in [0.3, 0.4) is 0 Å². The standard InChI is InChI=1S/C16H22N2/c1-9(2)5-12-10(3)6-13-11(4)7-15(18)16(13)14(12)8-17/h5-6,8,11,15,17H,7,18H2,1-4H3. The van der Waals surface area contributed by atoms with Crippen molar-refractivity contribution >= 4 is 12.3 Å². The fourth-order valence-corrected chi connectivity index (χ4v) is 2.98. The van der Waals surface area contributed by atoms with Gasteiger partial charge in [-0.05, 0) is 55.4 Å². The lowest BCUT2D eigenvalue weighted by molar-refractivity contribution is 0.639. The summed E-state index contributed by atoms with van der Waals surface area (Å²) in [6.07, 6.45) is 4.62. The first-order valence-corrected chi connectivity index (χ1v) is 6.54. The Morgan fingerprint density at radius 3 is 2.61 bits per heavy atom. The van der Waals surface area contributed by atoms with Crippen LogP contribution in [-0.2, 0) is 0 Å². The van der Waals surface area contributed by atoms with Crippen LogP contribution in [0.15, 0.2) is 11.6 Å². The van der Waals surface area contributed by atoms with Crippen LogP contribution < -0.4 is 5.73 Å². The number of hydrogen-bond donors (Lipinski definition) is 2. The molecule has 2 unspecified atom stereocenters. The van der Waals surface area contributed by atoms with E-state index in [0.29, 0.717) is 5.92 Å². The van der Waals surface area contributed by atoms with Crippen molar-refractivity contribution in [2.24, 2.45) is 5.73 Å². The summed E-state index contributed by atoms with van der Waals surface area (Å²) in [6.45, 7) is 8.52. The second-order valence-electron chi connectivity index (χ2n) is 5.63. The molecule has 0 spiro atoms. The molecule has 0 aromatic heterocycles. The highest BCUT2D eigenvalue weighted by Crippen LogP contribution is 2.42. The first-order valence-electron chi connectivity index (χ1n) is 6.54. The normalized spacial score (nSPS) is 21.6. The highest BCUT2D eigenvalue weighted by Gasteiger charge is 2.29. The van der Waals surface area contributed by atoms with E-state index >= 15 is 0 Å². The van der Waals surface area contributed by atoms with Gasteiger partial charge in [0.1, 0.15) is 0 Å². The minimum atomic E-state index is 0.0801. The number of aryl methyl sites for hydroxylation is 1. The lowest BCUT2D eigenvalue weighted by Gasteiger charge is -2.15. The van der Waals surface area contributed by atoms with Gasteiger partial charge in [0.25, 0.3) is 0 Å². The summed E-state index contributed by atoms with van der Waals surface area (Å²) < 4.78 is 0. The lowest BCUT2D eigenvalue weighted by Crippen LogP contribution is -2.10. The molecule has 2 atom stereocenters. The Kier molecular flexibility index (Phi) is 3.40. The Hall–Kier alpha value is -1.41. The molecular formula is C16H22N2. The summed E-state index contributed by atoms with van der Waals surface area (Å²) in [5, 5.41) is 7.74. The minimum Gasteiger partial charge on any atom is -0.324 e. The highest BCUT2D eigenvalue weighted by molar-refractivity contribution is 5.88. The predicted octanol–water partition coefficient (Wildman–Crippen LogP) is 3.92. The first-order chi connectivity index (χ1) is 8.45. The van der Waals surface area contributed by atoms with E-state index in [1.807, 2.05) is 0 Å². The van der Waals surface area contributed by atoms with Crippen LogP contribution in [0.25, 0.3) is 6.08 Å². The molecule has 0 bridgehead atoms. The zero-order valence-electron chi connectivity index (χ0n) is 11.7. The maximum atomic E-state index is 7.74. The van der Waals surface area contributed by atoms with Gasteiger partial charge in [0.15, 0.2) is 0 Å². The molecule has 3 N–H and O–H groups in total. The van der Waals surface area contributed by atoms with Crippen molar-refractivity contribution < 1.29 is 0 Å². The van der Waals surface area contributed by atoms with Gasteiger partial charge in [0.05, 0.1) is 0 Å². The number of nitrogens with two attached hydrogens (primary N) is 1. The van der Waals surface area contributed by atoms with Gasteiger partial charge in [-0.2, -0.15) is 0 Å². The molecule has 1 aromatic carbocycles. The Morgan fingerprint density at radius 1 is 1.39 bits per heavy atom. The monoisotopic (exact) mass is 242 g/mol. The zero-order valence-corrected chi connectivity index (χ0v) is 11.7. The second kappa shape index (κ2) is 4.69. The third kappa shape index (κ3) is 2.01. The number of nitrogens with one attached hydrogen (secondary N) is 1. The van der Waals surface area contributed by atoms with Gasteiger partial charge in [-0.3, -0.25) is 0 Å². The van der Waals surface area contributed by atoms with E-state index in [-0.39, 0.29) is 6.04 Å². The van der Waals surface area contributed by atoms with E-state index in [0.717, 1.165) is 17.5 Å². The molecule has 1 aliphatic carbocycles. The largest absolute Gasteiger partial charge is 0.324 e. The molecule has 96 valence electrons. The summed E-state index contributed by atoms with van der Waals surface area (Å²) in [6, 6.07) is 2.34. The van der Waals surface area contributed by atoms with Crippen molar-refractivity contribution in [2.45, 2.75) is 46.1 Å². The van der Waals surface area contributed by atoms with Crippen molar-refractivity contribution in [2.75, 3.05) is 0 Å².